The molecule has 2 N–H and O–H groups in total. The molecule has 0 spiro atoms. The minimum Gasteiger partial charge on any atom is -0.383 e. The number of sulfonamides is 1. The van der Waals surface area contributed by atoms with E-state index >= 15 is 0 Å². The van der Waals surface area contributed by atoms with Gasteiger partial charge in [0.05, 0.1) is 5.69 Å². The third-order valence-corrected chi connectivity index (χ3v) is 3.77. The van der Waals surface area contributed by atoms with E-state index in [1.54, 1.807) is 12.1 Å². The number of hydrogen-bond donors (Lipinski definition) is 2. The van der Waals surface area contributed by atoms with E-state index in [-0.39, 0.29) is 5.03 Å². The minimum absolute atomic E-state index is 0.0354. The van der Waals surface area contributed by atoms with Crippen molar-refractivity contribution in [3.8, 4) is 0 Å². The van der Waals surface area contributed by atoms with Gasteiger partial charge in [0, 0.05) is 32.5 Å². The molecule has 19 heavy (non-hydrogen) atoms. The summed E-state index contributed by atoms with van der Waals surface area (Å²) in [6.07, 6.45) is 2.10. The maximum Gasteiger partial charge on any atom is 0.260 e. The van der Waals surface area contributed by atoms with Gasteiger partial charge in [-0.25, -0.2) is 18.1 Å². The highest BCUT2D eigenvalue weighted by Crippen LogP contribution is 2.17. The van der Waals surface area contributed by atoms with Crippen LogP contribution in [0.25, 0.3) is 0 Å². The summed E-state index contributed by atoms with van der Waals surface area (Å²) in [4.78, 5) is 3.94. The lowest BCUT2D eigenvalue weighted by Gasteiger charge is -2.11. The summed E-state index contributed by atoms with van der Waals surface area (Å²) >= 11 is 0. The number of aromatic nitrogens is 1. The largest absolute Gasteiger partial charge is 0.383 e. The number of rotatable bonds is 9. The van der Waals surface area contributed by atoms with Crippen LogP contribution in [0.1, 0.15) is 20.3 Å². The van der Waals surface area contributed by atoms with Crippen molar-refractivity contribution < 1.29 is 13.2 Å². The number of nitrogens with zero attached hydrogens (tertiary/aromatic N) is 1. The van der Waals surface area contributed by atoms with Crippen molar-refractivity contribution >= 4 is 15.7 Å². The van der Waals surface area contributed by atoms with Crippen LogP contribution in [-0.4, -0.2) is 39.7 Å². The van der Waals surface area contributed by atoms with Crippen LogP contribution in [0, 0.1) is 0 Å². The van der Waals surface area contributed by atoms with Crippen LogP contribution in [0.2, 0.25) is 0 Å². The molecular formula is C12H21N3O3S. The summed E-state index contributed by atoms with van der Waals surface area (Å²) in [6.45, 7) is 5.96. The quantitative estimate of drug-likeness (QED) is 0.667. The minimum atomic E-state index is -3.58. The highest BCUT2D eigenvalue weighted by Gasteiger charge is 2.18. The Labute approximate surface area is 114 Å². The van der Waals surface area contributed by atoms with Crippen LogP contribution in [0.3, 0.4) is 0 Å². The van der Waals surface area contributed by atoms with Crippen molar-refractivity contribution in [1.29, 1.82) is 0 Å². The molecular weight excluding hydrogens is 266 g/mol. The fourth-order valence-corrected chi connectivity index (χ4v) is 2.70. The maximum absolute atomic E-state index is 12.1. The van der Waals surface area contributed by atoms with E-state index in [0.29, 0.717) is 38.4 Å². The second-order valence-corrected chi connectivity index (χ2v) is 5.52. The lowest BCUT2D eigenvalue weighted by atomic mass is 10.4. The van der Waals surface area contributed by atoms with Gasteiger partial charge < -0.3 is 10.1 Å². The Morgan fingerprint density at radius 3 is 2.84 bits per heavy atom. The maximum atomic E-state index is 12.1. The van der Waals surface area contributed by atoms with Gasteiger partial charge in [0.15, 0.2) is 5.03 Å². The van der Waals surface area contributed by atoms with Gasteiger partial charge in [-0.15, -0.1) is 0 Å². The summed E-state index contributed by atoms with van der Waals surface area (Å²) in [7, 11) is -3.58. The van der Waals surface area contributed by atoms with Crippen molar-refractivity contribution in [2.24, 2.45) is 0 Å². The third-order valence-electron chi connectivity index (χ3n) is 2.35. The Hall–Kier alpha value is -1.18. The van der Waals surface area contributed by atoms with Crippen molar-refractivity contribution in [3.05, 3.63) is 18.3 Å². The van der Waals surface area contributed by atoms with Crippen LogP contribution in [0.5, 0.6) is 0 Å². The van der Waals surface area contributed by atoms with E-state index in [0.717, 1.165) is 0 Å². The third kappa shape index (κ3) is 5.14. The van der Waals surface area contributed by atoms with Crippen molar-refractivity contribution in [2.75, 3.05) is 31.6 Å². The SMILES string of the molecule is CCNc1cccnc1S(=O)(=O)NCCCOCC. The average molecular weight is 287 g/mol. The standard InChI is InChI=1S/C12H21N3O3S/c1-3-13-11-7-5-8-14-12(11)19(16,17)15-9-6-10-18-4-2/h5,7-8,13,15H,3-4,6,9-10H2,1-2H3. The van der Waals surface area contributed by atoms with E-state index in [2.05, 4.69) is 15.0 Å². The van der Waals surface area contributed by atoms with Gasteiger partial charge in [-0.3, -0.25) is 0 Å². The molecule has 1 rings (SSSR count). The number of ether oxygens (including phenoxy) is 1. The fraction of sp³-hybridized carbons (Fsp3) is 0.583. The van der Waals surface area contributed by atoms with Crippen LogP contribution in [0.15, 0.2) is 23.4 Å². The molecule has 7 heteroatoms. The van der Waals surface area contributed by atoms with Gasteiger partial charge in [-0.2, -0.15) is 0 Å². The predicted octanol–water partition coefficient (Wildman–Crippen LogP) is 1.22. The molecule has 0 aliphatic rings. The number of hydrogen-bond acceptors (Lipinski definition) is 5. The number of anilines is 1. The topological polar surface area (TPSA) is 80.3 Å². The second-order valence-electron chi connectivity index (χ2n) is 3.83. The lowest BCUT2D eigenvalue weighted by Crippen LogP contribution is -2.27. The van der Waals surface area contributed by atoms with E-state index in [1.165, 1.54) is 6.20 Å². The zero-order chi connectivity index (χ0) is 14.1. The molecule has 0 unspecified atom stereocenters. The predicted molar refractivity (Wildman–Crippen MR) is 74.7 cm³/mol. The Balaban J connectivity index is 2.66. The molecule has 0 saturated heterocycles. The summed E-state index contributed by atoms with van der Waals surface area (Å²) in [5.74, 6) is 0. The monoisotopic (exact) mass is 287 g/mol. The normalized spacial score (nSPS) is 11.5. The molecule has 1 aromatic rings. The first kappa shape index (κ1) is 15.9. The molecule has 0 saturated carbocycles. The van der Waals surface area contributed by atoms with Gasteiger partial charge in [0.25, 0.3) is 10.0 Å². The van der Waals surface area contributed by atoms with Crippen LogP contribution in [-0.2, 0) is 14.8 Å². The molecule has 0 bridgehead atoms. The first-order chi connectivity index (χ1) is 9.11. The Bertz CT molecular complexity index is 477. The summed E-state index contributed by atoms with van der Waals surface area (Å²) < 4.78 is 31.9. The van der Waals surface area contributed by atoms with Crippen LogP contribution in [0.4, 0.5) is 5.69 Å². The van der Waals surface area contributed by atoms with Crippen molar-refractivity contribution in [2.45, 2.75) is 25.3 Å². The molecule has 108 valence electrons. The first-order valence-corrected chi connectivity index (χ1v) is 7.86. The smallest absolute Gasteiger partial charge is 0.260 e. The van der Waals surface area contributed by atoms with E-state index < -0.39 is 10.0 Å². The number of pyridine rings is 1. The molecule has 0 aliphatic carbocycles. The molecule has 0 aromatic carbocycles. The molecule has 6 nitrogen and oxygen atoms in total. The van der Waals surface area contributed by atoms with Crippen LogP contribution < -0.4 is 10.0 Å². The fourth-order valence-electron chi connectivity index (χ4n) is 1.52. The Morgan fingerprint density at radius 2 is 2.16 bits per heavy atom. The van der Waals surface area contributed by atoms with E-state index in [4.69, 9.17) is 4.74 Å². The molecule has 1 aromatic heterocycles. The van der Waals surface area contributed by atoms with Crippen molar-refractivity contribution in [1.82, 2.24) is 9.71 Å². The molecule has 0 fully saturated rings. The molecule has 1 heterocycles. The Morgan fingerprint density at radius 1 is 1.37 bits per heavy atom. The van der Waals surface area contributed by atoms with Gasteiger partial charge in [0.2, 0.25) is 0 Å². The molecule has 0 amide bonds. The molecule has 0 aliphatic heterocycles. The van der Waals surface area contributed by atoms with Gasteiger partial charge >= 0.3 is 0 Å². The summed E-state index contributed by atoms with van der Waals surface area (Å²) in [6, 6.07) is 3.40. The molecule has 0 atom stereocenters. The number of nitrogens with one attached hydrogen (secondary N) is 2. The summed E-state index contributed by atoms with van der Waals surface area (Å²) in [5.41, 5.74) is 0.516. The second kappa shape index (κ2) is 8.08. The van der Waals surface area contributed by atoms with Gasteiger partial charge in [-0.1, -0.05) is 0 Å². The van der Waals surface area contributed by atoms with Gasteiger partial charge in [-0.05, 0) is 32.4 Å². The highest BCUT2D eigenvalue weighted by molar-refractivity contribution is 7.89. The lowest BCUT2D eigenvalue weighted by molar-refractivity contribution is 0.146. The van der Waals surface area contributed by atoms with E-state index in [1.807, 2.05) is 13.8 Å². The Kier molecular flexibility index (Phi) is 6.75. The van der Waals surface area contributed by atoms with Gasteiger partial charge in [0.1, 0.15) is 0 Å². The first-order valence-electron chi connectivity index (χ1n) is 6.38. The van der Waals surface area contributed by atoms with Crippen molar-refractivity contribution in [3.63, 3.8) is 0 Å². The zero-order valence-electron chi connectivity index (χ0n) is 11.3. The van der Waals surface area contributed by atoms with Crippen LogP contribution >= 0.6 is 0 Å². The molecule has 0 radical (unpaired) electrons. The zero-order valence-corrected chi connectivity index (χ0v) is 12.2. The summed E-state index contributed by atoms with van der Waals surface area (Å²) in [5, 5.41) is 3.02. The van der Waals surface area contributed by atoms with E-state index in [9.17, 15) is 8.42 Å². The highest BCUT2D eigenvalue weighted by atomic mass is 32.2. The average Bonchev–Trinajstić information content (AvgIpc) is 2.39.